The summed E-state index contributed by atoms with van der Waals surface area (Å²) in [6.07, 6.45) is 2.07. The van der Waals surface area contributed by atoms with E-state index in [4.69, 9.17) is 16.3 Å². The van der Waals surface area contributed by atoms with Crippen LogP contribution in [0.4, 0.5) is 0 Å². The number of rotatable bonds is 7. The van der Waals surface area contributed by atoms with E-state index in [1.165, 1.54) is 5.56 Å². The van der Waals surface area contributed by atoms with Gasteiger partial charge in [0.05, 0.1) is 0 Å². The maximum absolute atomic E-state index is 6.02. The third-order valence-corrected chi connectivity index (χ3v) is 3.14. The van der Waals surface area contributed by atoms with Gasteiger partial charge in [0.2, 0.25) is 0 Å². The van der Waals surface area contributed by atoms with E-state index in [0.717, 1.165) is 24.5 Å². The molecule has 1 rings (SSSR count). The minimum Gasteiger partial charge on any atom is -0.385 e. The predicted octanol–water partition coefficient (Wildman–Crippen LogP) is 3.81. The van der Waals surface area contributed by atoms with Crippen LogP contribution >= 0.6 is 11.6 Å². The van der Waals surface area contributed by atoms with E-state index in [2.05, 4.69) is 25.2 Å². The van der Waals surface area contributed by atoms with E-state index in [0.29, 0.717) is 12.1 Å². The van der Waals surface area contributed by atoms with Gasteiger partial charge in [0.15, 0.2) is 0 Å². The van der Waals surface area contributed by atoms with Crippen molar-refractivity contribution in [1.29, 1.82) is 0 Å². The lowest BCUT2D eigenvalue weighted by Crippen LogP contribution is -2.31. The Morgan fingerprint density at radius 1 is 1.41 bits per heavy atom. The number of nitrogens with one attached hydrogen (secondary N) is 1. The van der Waals surface area contributed by atoms with Gasteiger partial charge in [0.25, 0.3) is 0 Å². The Morgan fingerprint density at radius 2 is 2.18 bits per heavy atom. The van der Waals surface area contributed by atoms with Gasteiger partial charge in [-0.3, -0.25) is 0 Å². The molecule has 0 aliphatic heterocycles. The lowest BCUT2D eigenvalue weighted by Gasteiger charge is -2.22. The van der Waals surface area contributed by atoms with Crippen molar-refractivity contribution in [2.75, 3.05) is 13.7 Å². The SMILES string of the molecule is CCC(NC(C)CCOC)c1cccc(Cl)c1. The van der Waals surface area contributed by atoms with Gasteiger partial charge in [0, 0.05) is 30.8 Å². The molecule has 1 aromatic rings. The highest BCUT2D eigenvalue weighted by atomic mass is 35.5. The van der Waals surface area contributed by atoms with Crippen LogP contribution in [0, 0.1) is 0 Å². The molecule has 0 aliphatic rings. The highest BCUT2D eigenvalue weighted by molar-refractivity contribution is 6.30. The number of hydrogen-bond acceptors (Lipinski definition) is 2. The van der Waals surface area contributed by atoms with Crippen molar-refractivity contribution in [1.82, 2.24) is 5.32 Å². The summed E-state index contributed by atoms with van der Waals surface area (Å²) in [4.78, 5) is 0. The average Bonchev–Trinajstić information content (AvgIpc) is 2.33. The monoisotopic (exact) mass is 255 g/mol. The Kier molecular flexibility index (Phi) is 6.56. The van der Waals surface area contributed by atoms with Crippen molar-refractivity contribution in [3.05, 3.63) is 34.9 Å². The van der Waals surface area contributed by atoms with Crippen molar-refractivity contribution in [2.45, 2.75) is 38.8 Å². The molecule has 2 unspecified atom stereocenters. The summed E-state index contributed by atoms with van der Waals surface area (Å²) >= 11 is 6.02. The zero-order valence-electron chi connectivity index (χ0n) is 10.9. The van der Waals surface area contributed by atoms with Gasteiger partial charge in [-0.05, 0) is 37.5 Å². The van der Waals surface area contributed by atoms with Crippen LogP contribution < -0.4 is 5.32 Å². The van der Waals surface area contributed by atoms with Gasteiger partial charge >= 0.3 is 0 Å². The minimum atomic E-state index is 0.362. The minimum absolute atomic E-state index is 0.362. The zero-order chi connectivity index (χ0) is 12.7. The van der Waals surface area contributed by atoms with Gasteiger partial charge in [-0.1, -0.05) is 30.7 Å². The summed E-state index contributed by atoms with van der Waals surface area (Å²) < 4.78 is 5.09. The maximum atomic E-state index is 6.02. The fourth-order valence-corrected chi connectivity index (χ4v) is 2.09. The lowest BCUT2D eigenvalue weighted by atomic mass is 10.0. The van der Waals surface area contributed by atoms with Crippen molar-refractivity contribution in [2.24, 2.45) is 0 Å². The number of methoxy groups -OCH3 is 1. The Balaban J connectivity index is 2.59. The summed E-state index contributed by atoms with van der Waals surface area (Å²) in [6.45, 7) is 5.16. The summed E-state index contributed by atoms with van der Waals surface area (Å²) in [6, 6.07) is 8.87. The quantitative estimate of drug-likeness (QED) is 0.800. The first kappa shape index (κ1) is 14.5. The molecule has 1 N–H and O–H groups in total. The second-order valence-electron chi connectivity index (χ2n) is 4.37. The smallest absolute Gasteiger partial charge is 0.0476 e. The third-order valence-electron chi connectivity index (χ3n) is 2.90. The van der Waals surface area contributed by atoms with Crippen molar-refractivity contribution in [3.8, 4) is 0 Å². The van der Waals surface area contributed by atoms with Crippen molar-refractivity contribution in [3.63, 3.8) is 0 Å². The van der Waals surface area contributed by atoms with E-state index in [1.54, 1.807) is 7.11 Å². The van der Waals surface area contributed by atoms with Gasteiger partial charge in [-0.2, -0.15) is 0 Å². The van der Waals surface area contributed by atoms with Crippen LogP contribution in [0.25, 0.3) is 0 Å². The molecule has 1 aromatic carbocycles. The Bertz CT molecular complexity index is 330. The molecule has 0 aromatic heterocycles. The largest absolute Gasteiger partial charge is 0.385 e. The van der Waals surface area contributed by atoms with Gasteiger partial charge in [-0.25, -0.2) is 0 Å². The number of benzene rings is 1. The fourth-order valence-electron chi connectivity index (χ4n) is 1.89. The second-order valence-corrected chi connectivity index (χ2v) is 4.80. The number of hydrogen-bond donors (Lipinski definition) is 1. The van der Waals surface area contributed by atoms with Crippen LogP contribution in [0.2, 0.25) is 5.02 Å². The predicted molar refractivity (Wildman–Crippen MR) is 73.6 cm³/mol. The van der Waals surface area contributed by atoms with Crippen LogP contribution in [0.5, 0.6) is 0 Å². The molecule has 2 atom stereocenters. The Labute approximate surface area is 109 Å². The molecule has 0 spiro atoms. The standard InChI is InChI=1S/C14H22ClNO/c1-4-14(16-11(2)8-9-17-3)12-6-5-7-13(15)10-12/h5-7,10-11,14,16H,4,8-9H2,1-3H3. The Morgan fingerprint density at radius 3 is 2.76 bits per heavy atom. The van der Waals surface area contributed by atoms with Gasteiger partial charge in [0.1, 0.15) is 0 Å². The first-order valence-corrected chi connectivity index (χ1v) is 6.55. The summed E-state index contributed by atoms with van der Waals surface area (Å²) in [5, 5.41) is 4.40. The van der Waals surface area contributed by atoms with Crippen molar-refractivity contribution < 1.29 is 4.74 Å². The molecule has 0 heterocycles. The molecule has 0 fully saturated rings. The van der Waals surface area contributed by atoms with Crippen LogP contribution in [-0.2, 0) is 4.74 Å². The van der Waals surface area contributed by atoms with E-state index < -0.39 is 0 Å². The molecule has 17 heavy (non-hydrogen) atoms. The molecule has 0 saturated heterocycles. The van der Waals surface area contributed by atoms with E-state index >= 15 is 0 Å². The van der Waals surface area contributed by atoms with E-state index in [9.17, 15) is 0 Å². The summed E-state index contributed by atoms with van der Waals surface area (Å²) in [5.74, 6) is 0. The van der Waals surface area contributed by atoms with Crippen LogP contribution in [0.15, 0.2) is 24.3 Å². The molecule has 0 bridgehead atoms. The van der Waals surface area contributed by atoms with E-state index in [-0.39, 0.29) is 0 Å². The first-order chi connectivity index (χ1) is 8.17. The van der Waals surface area contributed by atoms with Crippen LogP contribution in [-0.4, -0.2) is 19.8 Å². The fraction of sp³-hybridized carbons (Fsp3) is 0.571. The molecule has 0 saturated carbocycles. The maximum Gasteiger partial charge on any atom is 0.0476 e. The Hall–Kier alpha value is -0.570. The van der Waals surface area contributed by atoms with Gasteiger partial charge < -0.3 is 10.1 Å². The molecule has 96 valence electrons. The van der Waals surface area contributed by atoms with E-state index in [1.807, 2.05) is 18.2 Å². The van der Waals surface area contributed by atoms with Crippen LogP contribution in [0.1, 0.15) is 38.3 Å². The summed E-state index contributed by atoms with van der Waals surface area (Å²) in [7, 11) is 1.74. The summed E-state index contributed by atoms with van der Waals surface area (Å²) in [5.41, 5.74) is 1.25. The number of halogens is 1. The second kappa shape index (κ2) is 7.70. The molecule has 2 nitrogen and oxygen atoms in total. The lowest BCUT2D eigenvalue weighted by molar-refractivity contribution is 0.182. The highest BCUT2D eigenvalue weighted by Crippen LogP contribution is 2.21. The molecule has 0 aliphatic carbocycles. The third kappa shape index (κ3) is 5.07. The highest BCUT2D eigenvalue weighted by Gasteiger charge is 2.12. The number of ether oxygens (including phenoxy) is 1. The normalized spacial score (nSPS) is 14.6. The van der Waals surface area contributed by atoms with Crippen molar-refractivity contribution >= 4 is 11.6 Å². The first-order valence-electron chi connectivity index (χ1n) is 6.17. The molecule has 0 amide bonds. The topological polar surface area (TPSA) is 21.3 Å². The molecular weight excluding hydrogens is 234 g/mol. The molecule has 3 heteroatoms. The molecule has 0 radical (unpaired) electrons. The van der Waals surface area contributed by atoms with Crippen LogP contribution in [0.3, 0.4) is 0 Å². The zero-order valence-corrected chi connectivity index (χ0v) is 11.6. The van der Waals surface area contributed by atoms with Gasteiger partial charge in [-0.15, -0.1) is 0 Å². The molecular formula is C14H22ClNO. The average molecular weight is 256 g/mol.